The first-order valence-corrected chi connectivity index (χ1v) is 10.7. The van der Waals surface area contributed by atoms with Crippen molar-refractivity contribution >= 4 is 40.7 Å². The maximum Gasteiger partial charge on any atom is 0.358 e. The molecule has 2 amide bonds. The second-order valence-corrected chi connectivity index (χ2v) is 9.49. The third-order valence-electron chi connectivity index (χ3n) is 5.31. The van der Waals surface area contributed by atoms with Gasteiger partial charge in [0, 0.05) is 7.05 Å². The zero-order valence-electron chi connectivity index (χ0n) is 18.1. The lowest BCUT2D eigenvalue weighted by atomic mass is 9.82. The third kappa shape index (κ3) is 4.22. The van der Waals surface area contributed by atoms with Crippen LogP contribution in [0.5, 0.6) is 0 Å². The number of carbonyl (C=O) groups excluding carboxylic acids is 4. The minimum absolute atomic E-state index is 0.0555. The summed E-state index contributed by atoms with van der Waals surface area (Å²) in [5, 5.41) is 14.3. The van der Waals surface area contributed by atoms with Crippen LogP contribution in [0.3, 0.4) is 0 Å². The maximum atomic E-state index is 12.9. The van der Waals surface area contributed by atoms with E-state index < -0.39 is 36.2 Å². The molecular weight excluding hydrogens is 424 g/mol. The Morgan fingerprint density at radius 3 is 2.58 bits per heavy atom. The lowest BCUT2D eigenvalue weighted by Gasteiger charge is -2.44. The number of fused-ring (bicyclic) bond motifs is 1. The van der Waals surface area contributed by atoms with Crippen LogP contribution < -0.4 is 5.32 Å². The number of aliphatic hydroxyl groups is 1. The Hall–Kier alpha value is -2.72. The summed E-state index contributed by atoms with van der Waals surface area (Å²) in [5.74, 6) is -2.56. The van der Waals surface area contributed by atoms with Gasteiger partial charge < -0.3 is 24.8 Å². The van der Waals surface area contributed by atoms with Crippen LogP contribution in [0, 0.1) is 11.3 Å². The van der Waals surface area contributed by atoms with Crippen molar-refractivity contribution in [3.05, 3.63) is 27.6 Å². The molecule has 0 spiro atoms. The number of β-lactam (4-membered cyclic amide) rings is 1. The largest absolute Gasteiger partial charge is 0.427 e. The van der Waals surface area contributed by atoms with Crippen LogP contribution in [0.2, 0.25) is 0 Å². The standard InChI is InChI=1S/C21H26N2O7S/c1-10(24)15-13-7-12(11-6-14(31-8-11)17(25)22-5)16(23(13)18(15)26)19(27)29-9-30-20(28)21(2,3)4/h6,8,10,13,15,24H,7,9H2,1-5H3,(H,22,25)/t10-,13-,15-/m1/s1. The lowest BCUT2D eigenvalue weighted by Crippen LogP contribution is -2.61. The number of rotatable bonds is 6. The van der Waals surface area contributed by atoms with E-state index in [4.69, 9.17) is 9.47 Å². The van der Waals surface area contributed by atoms with Crippen LogP contribution in [-0.4, -0.2) is 59.7 Å². The van der Waals surface area contributed by atoms with Crippen molar-refractivity contribution in [2.75, 3.05) is 13.8 Å². The molecule has 3 atom stereocenters. The van der Waals surface area contributed by atoms with Crippen LogP contribution in [-0.2, 0) is 23.9 Å². The average Bonchev–Trinajstić information content (AvgIpc) is 3.28. The van der Waals surface area contributed by atoms with Crippen LogP contribution in [0.25, 0.3) is 5.57 Å². The molecule has 9 nitrogen and oxygen atoms in total. The van der Waals surface area contributed by atoms with Crippen molar-refractivity contribution in [3.63, 3.8) is 0 Å². The fourth-order valence-corrected chi connectivity index (χ4v) is 4.54. The Balaban J connectivity index is 1.86. The van der Waals surface area contributed by atoms with E-state index in [0.29, 0.717) is 22.4 Å². The summed E-state index contributed by atoms with van der Waals surface area (Å²) < 4.78 is 10.1. The summed E-state index contributed by atoms with van der Waals surface area (Å²) in [6.07, 6.45) is -0.515. The molecule has 31 heavy (non-hydrogen) atoms. The van der Waals surface area contributed by atoms with Gasteiger partial charge in [0.2, 0.25) is 12.7 Å². The van der Waals surface area contributed by atoms with Gasteiger partial charge in [-0.1, -0.05) is 0 Å². The van der Waals surface area contributed by atoms with Crippen molar-refractivity contribution in [2.24, 2.45) is 11.3 Å². The number of hydrogen-bond donors (Lipinski definition) is 2. The summed E-state index contributed by atoms with van der Waals surface area (Å²) >= 11 is 1.22. The van der Waals surface area contributed by atoms with E-state index in [1.807, 2.05) is 0 Å². The molecule has 0 saturated carbocycles. The normalized spacial score (nSPS) is 21.4. The number of nitrogens with zero attached hydrogens (tertiary/aromatic N) is 1. The third-order valence-corrected chi connectivity index (χ3v) is 6.24. The van der Waals surface area contributed by atoms with Gasteiger partial charge in [-0.25, -0.2) is 4.79 Å². The first kappa shape index (κ1) is 23.0. The molecule has 1 aromatic heterocycles. The van der Waals surface area contributed by atoms with Crippen LogP contribution in [0.4, 0.5) is 0 Å². The number of aliphatic hydroxyl groups excluding tert-OH is 1. The highest BCUT2D eigenvalue weighted by Crippen LogP contribution is 2.47. The van der Waals surface area contributed by atoms with Crippen LogP contribution in [0.1, 0.15) is 49.4 Å². The predicted molar refractivity (Wildman–Crippen MR) is 112 cm³/mol. The Kier molecular flexibility index (Phi) is 6.24. The van der Waals surface area contributed by atoms with Crippen molar-refractivity contribution in [2.45, 2.75) is 46.3 Å². The van der Waals surface area contributed by atoms with Crippen molar-refractivity contribution in [1.82, 2.24) is 10.2 Å². The highest BCUT2D eigenvalue weighted by Gasteiger charge is 2.57. The number of ether oxygens (including phenoxy) is 2. The summed E-state index contributed by atoms with van der Waals surface area (Å²) in [7, 11) is 1.52. The molecule has 0 unspecified atom stereocenters. The second kappa shape index (κ2) is 8.43. The minimum atomic E-state index is -0.859. The van der Waals surface area contributed by atoms with Gasteiger partial charge in [0.15, 0.2) is 0 Å². The monoisotopic (exact) mass is 450 g/mol. The molecule has 2 aliphatic heterocycles. The van der Waals surface area contributed by atoms with Gasteiger partial charge in [0.25, 0.3) is 5.91 Å². The minimum Gasteiger partial charge on any atom is -0.427 e. The molecular formula is C21H26N2O7S. The Morgan fingerprint density at radius 2 is 2.00 bits per heavy atom. The molecule has 0 aromatic carbocycles. The van der Waals surface area contributed by atoms with Crippen LogP contribution >= 0.6 is 11.3 Å². The Labute approximate surface area is 184 Å². The van der Waals surface area contributed by atoms with Gasteiger partial charge in [0.1, 0.15) is 5.70 Å². The van der Waals surface area contributed by atoms with Gasteiger partial charge in [-0.2, -0.15) is 0 Å². The molecule has 10 heteroatoms. The van der Waals surface area contributed by atoms with E-state index in [1.54, 1.807) is 32.2 Å². The molecule has 2 N–H and O–H groups in total. The van der Waals surface area contributed by atoms with E-state index in [9.17, 15) is 24.3 Å². The van der Waals surface area contributed by atoms with Gasteiger partial charge >= 0.3 is 11.9 Å². The quantitative estimate of drug-likeness (QED) is 0.383. The highest BCUT2D eigenvalue weighted by molar-refractivity contribution is 7.12. The predicted octanol–water partition coefficient (Wildman–Crippen LogP) is 1.52. The number of hydrogen-bond acceptors (Lipinski definition) is 8. The lowest BCUT2D eigenvalue weighted by molar-refractivity contribution is -0.175. The van der Waals surface area contributed by atoms with E-state index in [-0.39, 0.29) is 23.6 Å². The smallest absolute Gasteiger partial charge is 0.358 e. The molecule has 1 saturated heterocycles. The fraction of sp³-hybridized carbons (Fsp3) is 0.524. The Morgan fingerprint density at radius 1 is 1.32 bits per heavy atom. The summed E-state index contributed by atoms with van der Waals surface area (Å²) in [6.45, 7) is 5.99. The molecule has 0 aliphatic carbocycles. The SMILES string of the molecule is CNC(=O)c1cc(C2=C(C(=O)OCOC(=O)C(C)(C)C)N3C(=O)[C@H]([C@@H](C)O)[C@H]3C2)cs1. The number of carbonyl (C=O) groups is 4. The van der Waals surface area contributed by atoms with Crippen molar-refractivity contribution in [3.8, 4) is 0 Å². The highest BCUT2D eigenvalue weighted by atomic mass is 32.1. The number of esters is 2. The summed E-state index contributed by atoms with van der Waals surface area (Å²) in [4.78, 5) is 51.1. The van der Waals surface area contributed by atoms with Crippen LogP contribution in [0.15, 0.2) is 17.1 Å². The molecule has 0 radical (unpaired) electrons. The molecule has 0 bridgehead atoms. The zero-order chi connectivity index (χ0) is 23.1. The van der Waals surface area contributed by atoms with Gasteiger partial charge in [-0.15, -0.1) is 11.3 Å². The molecule has 168 valence electrons. The molecule has 1 aromatic rings. The summed E-state index contributed by atoms with van der Waals surface area (Å²) in [5.41, 5.74) is 0.494. The van der Waals surface area contributed by atoms with Gasteiger partial charge in [-0.3, -0.25) is 14.4 Å². The van der Waals surface area contributed by atoms with E-state index in [0.717, 1.165) is 0 Å². The second-order valence-electron chi connectivity index (χ2n) is 8.58. The molecule has 2 aliphatic rings. The van der Waals surface area contributed by atoms with Gasteiger partial charge in [0.05, 0.1) is 28.4 Å². The molecule has 1 fully saturated rings. The van der Waals surface area contributed by atoms with Crippen molar-refractivity contribution < 1.29 is 33.8 Å². The van der Waals surface area contributed by atoms with E-state index in [2.05, 4.69) is 5.32 Å². The average molecular weight is 451 g/mol. The first-order chi connectivity index (χ1) is 14.5. The van der Waals surface area contributed by atoms with E-state index >= 15 is 0 Å². The zero-order valence-corrected chi connectivity index (χ0v) is 18.9. The molecule has 3 rings (SSSR count). The maximum absolute atomic E-state index is 12.9. The van der Waals surface area contributed by atoms with E-state index in [1.165, 1.54) is 30.2 Å². The number of amides is 2. The topological polar surface area (TPSA) is 122 Å². The van der Waals surface area contributed by atoms with Gasteiger partial charge in [-0.05, 0) is 56.7 Å². The number of nitrogens with one attached hydrogen (secondary N) is 1. The summed E-state index contributed by atoms with van der Waals surface area (Å²) in [6, 6.07) is 1.28. The fourth-order valence-electron chi connectivity index (χ4n) is 3.67. The Bertz CT molecular complexity index is 957. The van der Waals surface area contributed by atoms with Crippen molar-refractivity contribution in [1.29, 1.82) is 0 Å². The molecule has 3 heterocycles. The first-order valence-electron chi connectivity index (χ1n) is 9.87. The number of thiophene rings is 1.